The minimum Gasteiger partial charge on any atom is -0.368 e. The first-order chi connectivity index (χ1) is 11.6. The zero-order valence-corrected chi connectivity index (χ0v) is 13.5. The second kappa shape index (κ2) is 6.98. The number of rotatable bonds is 3. The lowest BCUT2D eigenvalue weighted by molar-refractivity contribution is 0.198. The first-order valence-corrected chi connectivity index (χ1v) is 8.03. The molecule has 24 heavy (non-hydrogen) atoms. The molecule has 3 nitrogen and oxygen atoms in total. The molecule has 1 unspecified atom stereocenters. The van der Waals surface area contributed by atoms with E-state index in [1.165, 1.54) is 12.1 Å². The zero-order chi connectivity index (χ0) is 17.1. The number of nitriles is 1. The summed E-state index contributed by atoms with van der Waals surface area (Å²) in [5, 5.41) is 9.18. The van der Waals surface area contributed by atoms with Crippen molar-refractivity contribution >= 4 is 5.69 Å². The van der Waals surface area contributed by atoms with Crippen LogP contribution in [0.3, 0.4) is 0 Å². The van der Waals surface area contributed by atoms with E-state index in [0.717, 1.165) is 18.7 Å². The van der Waals surface area contributed by atoms with E-state index in [4.69, 9.17) is 0 Å². The van der Waals surface area contributed by atoms with Crippen LogP contribution in [0.2, 0.25) is 0 Å². The van der Waals surface area contributed by atoms with Crippen LogP contribution in [0.4, 0.5) is 14.5 Å². The van der Waals surface area contributed by atoms with Gasteiger partial charge in [-0.3, -0.25) is 4.90 Å². The minimum absolute atomic E-state index is 0.101. The highest BCUT2D eigenvalue weighted by Crippen LogP contribution is 2.27. The fourth-order valence-electron chi connectivity index (χ4n) is 3.21. The molecule has 1 aliphatic heterocycles. The summed E-state index contributed by atoms with van der Waals surface area (Å²) >= 11 is 0. The zero-order valence-electron chi connectivity index (χ0n) is 13.5. The number of hydrogen-bond donors (Lipinski definition) is 0. The topological polar surface area (TPSA) is 30.3 Å². The van der Waals surface area contributed by atoms with Crippen molar-refractivity contribution in [3.63, 3.8) is 0 Å². The molecule has 1 aliphatic rings. The van der Waals surface area contributed by atoms with Gasteiger partial charge in [-0.05, 0) is 36.8 Å². The van der Waals surface area contributed by atoms with Gasteiger partial charge < -0.3 is 4.90 Å². The van der Waals surface area contributed by atoms with Crippen LogP contribution in [0.25, 0.3) is 0 Å². The fraction of sp³-hybridized carbons (Fsp3) is 0.316. The van der Waals surface area contributed by atoms with E-state index < -0.39 is 5.82 Å². The van der Waals surface area contributed by atoms with E-state index in [1.54, 1.807) is 24.3 Å². The highest BCUT2D eigenvalue weighted by Gasteiger charge is 2.24. The van der Waals surface area contributed by atoms with Crippen LogP contribution in [0.5, 0.6) is 0 Å². The average Bonchev–Trinajstić information content (AvgIpc) is 2.61. The minimum atomic E-state index is -0.481. The largest absolute Gasteiger partial charge is 0.368 e. The van der Waals surface area contributed by atoms with Crippen molar-refractivity contribution in [2.75, 3.05) is 31.1 Å². The van der Waals surface area contributed by atoms with Crippen LogP contribution in [-0.4, -0.2) is 31.1 Å². The Kier molecular flexibility index (Phi) is 4.77. The van der Waals surface area contributed by atoms with Crippen LogP contribution in [0.1, 0.15) is 24.1 Å². The second-order valence-electron chi connectivity index (χ2n) is 6.00. The molecule has 5 heteroatoms. The lowest BCUT2D eigenvalue weighted by Gasteiger charge is -2.39. The molecule has 0 radical (unpaired) electrons. The van der Waals surface area contributed by atoms with Gasteiger partial charge in [0.05, 0.1) is 5.69 Å². The third-order valence-corrected chi connectivity index (χ3v) is 4.64. The summed E-state index contributed by atoms with van der Waals surface area (Å²) in [5.74, 6) is -0.707. The van der Waals surface area contributed by atoms with Crippen molar-refractivity contribution < 1.29 is 8.78 Å². The number of piperazine rings is 1. The van der Waals surface area contributed by atoms with E-state index in [9.17, 15) is 14.0 Å². The maximum Gasteiger partial charge on any atom is 0.143 e. The smallest absolute Gasteiger partial charge is 0.143 e. The van der Waals surface area contributed by atoms with Crippen molar-refractivity contribution in [2.24, 2.45) is 0 Å². The van der Waals surface area contributed by atoms with Crippen LogP contribution < -0.4 is 4.90 Å². The predicted molar refractivity (Wildman–Crippen MR) is 89.7 cm³/mol. The van der Waals surface area contributed by atoms with Crippen molar-refractivity contribution in [1.29, 1.82) is 5.26 Å². The summed E-state index contributed by atoms with van der Waals surface area (Å²) in [4.78, 5) is 4.31. The molecule has 1 heterocycles. The third kappa shape index (κ3) is 3.24. The van der Waals surface area contributed by atoms with Gasteiger partial charge in [-0.1, -0.05) is 18.2 Å². The summed E-state index contributed by atoms with van der Waals surface area (Å²) in [5.41, 5.74) is 1.70. The Morgan fingerprint density at radius 2 is 1.75 bits per heavy atom. The maximum absolute atomic E-state index is 13.8. The molecule has 124 valence electrons. The van der Waals surface area contributed by atoms with E-state index in [0.29, 0.717) is 18.8 Å². The van der Waals surface area contributed by atoms with Crippen LogP contribution in [0, 0.1) is 23.0 Å². The Bertz CT molecular complexity index is 761. The molecule has 0 saturated carbocycles. The Hall–Kier alpha value is -2.45. The highest BCUT2D eigenvalue weighted by atomic mass is 19.1. The summed E-state index contributed by atoms with van der Waals surface area (Å²) in [7, 11) is 0. The van der Waals surface area contributed by atoms with E-state index >= 15 is 0 Å². The maximum atomic E-state index is 13.8. The van der Waals surface area contributed by atoms with Gasteiger partial charge in [0.25, 0.3) is 0 Å². The molecule has 1 fully saturated rings. The molecular weight excluding hydrogens is 308 g/mol. The van der Waals surface area contributed by atoms with Gasteiger partial charge in [0, 0.05) is 32.2 Å². The van der Waals surface area contributed by atoms with Crippen molar-refractivity contribution in [2.45, 2.75) is 13.0 Å². The molecule has 0 amide bonds. The van der Waals surface area contributed by atoms with Crippen LogP contribution >= 0.6 is 0 Å². The standard InChI is InChI=1S/C19H19F2N3/c1-14(15-4-2-5-16(20)12-15)23-8-10-24(11-9-23)19-7-3-6-18(21)17(19)13-22/h2-7,12,14H,8-11H2,1H3. The summed E-state index contributed by atoms with van der Waals surface area (Å²) in [6, 6.07) is 13.5. The molecule has 0 bridgehead atoms. The van der Waals surface area contributed by atoms with Gasteiger partial charge in [0.1, 0.15) is 23.3 Å². The molecular formula is C19H19F2N3. The fourth-order valence-corrected chi connectivity index (χ4v) is 3.21. The Balaban J connectivity index is 1.70. The third-order valence-electron chi connectivity index (χ3n) is 4.64. The van der Waals surface area contributed by atoms with E-state index in [1.807, 2.05) is 17.0 Å². The summed E-state index contributed by atoms with van der Waals surface area (Å²) < 4.78 is 27.2. The Labute approximate surface area is 140 Å². The Morgan fingerprint density at radius 3 is 2.42 bits per heavy atom. The van der Waals surface area contributed by atoms with Gasteiger partial charge in [0.2, 0.25) is 0 Å². The summed E-state index contributed by atoms with van der Waals surface area (Å²) in [6.45, 7) is 5.03. The van der Waals surface area contributed by atoms with Crippen molar-refractivity contribution in [3.05, 3.63) is 65.2 Å². The molecule has 1 atom stereocenters. The van der Waals surface area contributed by atoms with Gasteiger partial charge >= 0.3 is 0 Å². The molecule has 1 saturated heterocycles. The molecule has 0 aromatic heterocycles. The first kappa shape index (κ1) is 16.4. The van der Waals surface area contributed by atoms with Crippen molar-refractivity contribution in [3.8, 4) is 6.07 Å². The van der Waals surface area contributed by atoms with E-state index in [2.05, 4.69) is 11.8 Å². The molecule has 2 aromatic rings. The van der Waals surface area contributed by atoms with Crippen LogP contribution in [-0.2, 0) is 0 Å². The quantitative estimate of drug-likeness (QED) is 0.861. The van der Waals surface area contributed by atoms with Crippen molar-refractivity contribution in [1.82, 2.24) is 4.90 Å². The number of nitrogens with zero attached hydrogens (tertiary/aromatic N) is 3. The lowest BCUT2D eigenvalue weighted by Crippen LogP contribution is -2.47. The number of halogens is 2. The molecule has 0 spiro atoms. The predicted octanol–water partition coefficient (Wildman–Crippen LogP) is 3.72. The van der Waals surface area contributed by atoms with Crippen LogP contribution in [0.15, 0.2) is 42.5 Å². The normalized spacial score (nSPS) is 16.7. The molecule has 2 aromatic carbocycles. The van der Waals surface area contributed by atoms with Gasteiger partial charge in [-0.15, -0.1) is 0 Å². The Morgan fingerprint density at radius 1 is 1.04 bits per heavy atom. The summed E-state index contributed by atoms with van der Waals surface area (Å²) in [6.07, 6.45) is 0. The monoisotopic (exact) mass is 327 g/mol. The lowest BCUT2D eigenvalue weighted by atomic mass is 10.1. The van der Waals surface area contributed by atoms with E-state index in [-0.39, 0.29) is 17.4 Å². The molecule has 0 N–H and O–H groups in total. The highest BCUT2D eigenvalue weighted by molar-refractivity contribution is 5.60. The number of hydrogen-bond acceptors (Lipinski definition) is 3. The molecule has 0 aliphatic carbocycles. The average molecular weight is 327 g/mol. The van der Waals surface area contributed by atoms with Gasteiger partial charge in [0.15, 0.2) is 0 Å². The van der Waals surface area contributed by atoms with Gasteiger partial charge in [-0.25, -0.2) is 8.78 Å². The first-order valence-electron chi connectivity index (χ1n) is 8.03. The SMILES string of the molecule is CC(c1cccc(F)c1)N1CCN(c2cccc(F)c2C#N)CC1. The number of anilines is 1. The number of benzene rings is 2. The van der Waals surface area contributed by atoms with Gasteiger partial charge in [-0.2, -0.15) is 5.26 Å². The molecule has 3 rings (SSSR count). The second-order valence-corrected chi connectivity index (χ2v) is 6.00.